The molecule has 106 valence electrons. The van der Waals surface area contributed by atoms with Gasteiger partial charge in [0.1, 0.15) is 0 Å². The van der Waals surface area contributed by atoms with E-state index in [4.69, 9.17) is 0 Å². The number of nitrogens with zero attached hydrogens (tertiary/aromatic N) is 1. The summed E-state index contributed by atoms with van der Waals surface area (Å²) in [5, 5.41) is 5.80. The highest BCUT2D eigenvalue weighted by atomic mass is 16.2. The van der Waals surface area contributed by atoms with E-state index < -0.39 is 0 Å². The van der Waals surface area contributed by atoms with Crippen molar-refractivity contribution in [3.63, 3.8) is 0 Å². The van der Waals surface area contributed by atoms with Crippen LogP contribution in [0.5, 0.6) is 0 Å². The van der Waals surface area contributed by atoms with Gasteiger partial charge >= 0.3 is 6.03 Å². The van der Waals surface area contributed by atoms with Crippen molar-refractivity contribution < 1.29 is 4.79 Å². The van der Waals surface area contributed by atoms with E-state index in [-0.39, 0.29) is 6.03 Å². The summed E-state index contributed by atoms with van der Waals surface area (Å²) in [7, 11) is 0. The van der Waals surface area contributed by atoms with Gasteiger partial charge in [0.15, 0.2) is 0 Å². The van der Waals surface area contributed by atoms with Crippen molar-refractivity contribution >= 4 is 6.03 Å². The van der Waals surface area contributed by atoms with Crippen LogP contribution in [0.3, 0.4) is 0 Å². The molecule has 2 N–H and O–H groups in total. The number of unbranched alkanes of at least 4 members (excludes halogenated alkanes) is 1. The van der Waals surface area contributed by atoms with Crippen LogP contribution in [0.2, 0.25) is 0 Å². The molecule has 1 aromatic rings. The van der Waals surface area contributed by atoms with Gasteiger partial charge in [-0.3, -0.25) is 4.98 Å². The molecule has 0 aliphatic rings. The fraction of sp³-hybridized carbons (Fsp3) is 0.600. The molecule has 0 aromatic carbocycles. The molecule has 1 rings (SSSR count). The number of rotatable bonds is 8. The average molecular weight is 263 g/mol. The van der Waals surface area contributed by atoms with Gasteiger partial charge in [-0.1, -0.05) is 33.1 Å². The molecule has 4 heteroatoms. The largest absolute Gasteiger partial charge is 0.338 e. The molecule has 19 heavy (non-hydrogen) atoms. The molecule has 0 aliphatic heterocycles. The molecule has 0 saturated carbocycles. The number of hydrogen-bond acceptors (Lipinski definition) is 2. The topological polar surface area (TPSA) is 54.0 Å². The summed E-state index contributed by atoms with van der Waals surface area (Å²) in [5.41, 5.74) is 1.06. The minimum absolute atomic E-state index is 0.0910. The van der Waals surface area contributed by atoms with Crippen molar-refractivity contribution in [3.05, 3.63) is 30.1 Å². The maximum absolute atomic E-state index is 11.7. The number of aromatic nitrogens is 1. The predicted molar refractivity (Wildman–Crippen MR) is 77.8 cm³/mol. The standard InChI is InChI=1S/C15H25N3O/c1-3-5-6-13(4-2)11-17-15(19)18-12-14-7-9-16-10-8-14/h7-10,13H,3-6,11-12H2,1-2H3,(H2,17,18,19). The quantitative estimate of drug-likeness (QED) is 0.757. The van der Waals surface area contributed by atoms with Gasteiger partial charge in [0.25, 0.3) is 0 Å². The average Bonchev–Trinajstić information content (AvgIpc) is 2.46. The first-order valence-corrected chi connectivity index (χ1v) is 7.16. The van der Waals surface area contributed by atoms with Crippen LogP contribution < -0.4 is 10.6 Å². The molecule has 0 fully saturated rings. The minimum atomic E-state index is -0.0910. The molecule has 1 aromatic heterocycles. The van der Waals surface area contributed by atoms with Crippen molar-refractivity contribution in [2.45, 2.75) is 46.1 Å². The first-order valence-electron chi connectivity index (χ1n) is 7.16. The van der Waals surface area contributed by atoms with E-state index in [0.717, 1.165) is 18.5 Å². The molecule has 0 aliphatic carbocycles. The lowest BCUT2D eigenvalue weighted by molar-refractivity contribution is 0.237. The van der Waals surface area contributed by atoms with Crippen molar-refractivity contribution in [3.8, 4) is 0 Å². The van der Waals surface area contributed by atoms with Gasteiger partial charge in [-0.15, -0.1) is 0 Å². The van der Waals surface area contributed by atoms with E-state index in [2.05, 4.69) is 29.5 Å². The summed E-state index contributed by atoms with van der Waals surface area (Å²) in [6, 6.07) is 3.71. The lowest BCUT2D eigenvalue weighted by atomic mass is 9.99. The van der Waals surface area contributed by atoms with Crippen LogP contribution in [0.15, 0.2) is 24.5 Å². The van der Waals surface area contributed by atoms with Gasteiger partial charge in [-0.05, 0) is 30.0 Å². The van der Waals surface area contributed by atoms with Crippen molar-refractivity contribution in [2.24, 2.45) is 5.92 Å². The lowest BCUT2D eigenvalue weighted by Crippen LogP contribution is -2.37. The Hall–Kier alpha value is -1.58. The number of urea groups is 1. The van der Waals surface area contributed by atoms with E-state index in [0.29, 0.717) is 12.5 Å². The third kappa shape index (κ3) is 6.79. The summed E-state index contributed by atoms with van der Waals surface area (Å²) in [6.45, 7) is 5.68. The number of pyridine rings is 1. The molecule has 0 bridgehead atoms. The lowest BCUT2D eigenvalue weighted by Gasteiger charge is -2.15. The summed E-state index contributed by atoms with van der Waals surface area (Å²) in [5.74, 6) is 0.589. The van der Waals surface area contributed by atoms with Gasteiger partial charge < -0.3 is 10.6 Å². The highest BCUT2D eigenvalue weighted by Gasteiger charge is 2.07. The predicted octanol–water partition coefficient (Wildman–Crippen LogP) is 3.10. The van der Waals surface area contributed by atoms with Crippen molar-refractivity contribution in [1.82, 2.24) is 15.6 Å². The van der Waals surface area contributed by atoms with E-state index in [1.165, 1.54) is 19.3 Å². The summed E-state index contributed by atoms with van der Waals surface area (Å²) >= 11 is 0. The zero-order valence-electron chi connectivity index (χ0n) is 12.0. The Balaban J connectivity index is 2.20. The van der Waals surface area contributed by atoms with Crippen molar-refractivity contribution in [1.29, 1.82) is 0 Å². The molecule has 4 nitrogen and oxygen atoms in total. The second kappa shape index (κ2) is 9.36. The third-order valence-electron chi connectivity index (χ3n) is 3.30. The molecule has 1 heterocycles. The highest BCUT2D eigenvalue weighted by molar-refractivity contribution is 5.73. The molecular formula is C15H25N3O. The Kier molecular flexibility index (Phi) is 7.63. The zero-order valence-corrected chi connectivity index (χ0v) is 12.0. The number of hydrogen-bond donors (Lipinski definition) is 2. The maximum Gasteiger partial charge on any atom is 0.315 e. The number of carbonyl (C=O) groups excluding carboxylic acids is 1. The van der Waals surface area contributed by atoms with Crippen LogP contribution in [0.25, 0.3) is 0 Å². The summed E-state index contributed by atoms with van der Waals surface area (Å²) in [6.07, 6.45) is 8.21. The van der Waals surface area contributed by atoms with E-state index >= 15 is 0 Å². The van der Waals surface area contributed by atoms with E-state index in [1.807, 2.05) is 12.1 Å². The first kappa shape index (κ1) is 15.5. The van der Waals surface area contributed by atoms with E-state index in [9.17, 15) is 4.79 Å². The molecule has 2 amide bonds. The molecule has 0 saturated heterocycles. The molecule has 0 spiro atoms. The second-order valence-corrected chi connectivity index (χ2v) is 4.84. The van der Waals surface area contributed by atoms with Gasteiger partial charge in [0.2, 0.25) is 0 Å². The third-order valence-corrected chi connectivity index (χ3v) is 3.30. The SMILES string of the molecule is CCCCC(CC)CNC(=O)NCc1ccncc1. The Morgan fingerprint density at radius 3 is 2.63 bits per heavy atom. The van der Waals surface area contributed by atoms with Gasteiger partial charge in [-0.2, -0.15) is 0 Å². The molecule has 1 unspecified atom stereocenters. The normalized spacial score (nSPS) is 11.9. The fourth-order valence-electron chi connectivity index (χ4n) is 1.93. The Labute approximate surface area is 116 Å². The van der Waals surface area contributed by atoms with Crippen LogP contribution in [-0.2, 0) is 6.54 Å². The van der Waals surface area contributed by atoms with Crippen LogP contribution in [0.4, 0.5) is 4.79 Å². The van der Waals surface area contributed by atoms with Gasteiger partial charge in [-0.25, -0.2) is 4.79 Å². The number of carbonyl (C=O) groups is 1. The van der Waals surface area contributed by atoms with Crippen LogP contribution in [0.1, 0.15) is 45.1 Å². The van der Waals surface area contributed by atoms with Gasteiger partial charge in [0.05, 0.1) is 0 Å². The number of nitrogens with one attached hydrogen (secondary N) is 2. The minimum Gasteiger partial charge on any atom is -0.338 e. The fourth-order valence-corrected chi connectivity index (χ4v) is 1.93. The summed E-state index contributed by atoms with van der Waals surface area (Å²) in [4.78, 5) is 15.6. The Morgan fingerprint density at radius 1 is 1.26 bits per heavy atom. The van der Waals surface area contributed by atoms with Crippen LogP contribution >= 0.6 is 0 Å². The number of amides is 2. The monoisotopic (exact) mass is 263 g/mol. The van der Waals surface area contributed by atoms with Gasteiger partial charge in [0, 0.05) is 25.5 Å². The van der Waals surface area contributed by atoms with Crippen LogP contribution in [0, 0.1) is 5.92 Å². The Bertz CT molecular complexity index is 354. The molecule has 1 atom stereocenters. The molecule has 0 radical (unpaired) electrons. The maximum atomic E-state index is 11.7. The summed E-state index contributed by atoms with van der Waals surface area (Å²) < 4.78 is 0. The Morgan fingerprint density at radius 2 is 2.00 bits per heavy atom. The second-order valence-electron chi connectivity index (χ2n) is 4.84. The molecular weight excluding hydrogens is 238 g/mol. The zero-order chi connectivity index (χ0) is 13.9. The smallest absolute Gasteiger partial charge is 0.315 e. The highest BCUT2D eigenvalue weighted by Crippen LogP contribution is 2.10. The van der Waals surface area contributed by atoms with Crippen molar-refractivity contribution in [2.75, 3.05) is 6.54 Å². The first-order chi connectivity index (χ1) is 9.26. The van der Waals surface area contributed by atoms with E-state index in [1.54, 1.807) is 12.4 Å². The van der Waals surface area contributed by atoms with Crippen LogP contribution in [-0.4, -0.2) is 17.6 Å².